The Morgan fingerprint density at radius 1 is 1.35 bits per heavy atom. The summed E-state index contributed by atoms with van der Waals surface area (Å²) < 4.78 is 5.10. The molecule has 6 heteroatoms. The number of hydrogen-bond donors (Lipinski definition) is 2. The Labute approximate surface area is 116 Å². The van der Waals surface area contributed by atoms with Crippen molar-refractivity contribution in [2.75, 3.05) is 11.9 Å². The molecular formula is C14H14N4O2. The molecule has 0 spiro atoms. The third kappa shape index (κ3) is 3.43. The first-order valence-electron chi connectivity index (χ1n) is 6.00. The maximum absolute atomic E-state index is 12.1. The van der Waals surface area contributed by atoms with Crippen molar-refractivity contribution in [2.24, 2.45) is 5.73 Å². The maximum Gasteiger partial charge on any atom is 0.322 e. The highest BCUT2D eigenvalue weighted by molar-refractivity contribution is 6.03. The van der Waals surface area contributed by atoms with Crippen molar-refractivity contribution in [3.63, 3.8) is 0 Å². The fraction of sp³-hybridized carbons (Fsp3) is 0.214. The molecule has 0 saturated carbocycles. The van der Waals surface area contributed by atoms with Crippen LogP contribution in [0.25, 0.3) is 0 Å². The van der Waals surface area contributed by atoms with Gasteiger partial charge in [0.15, 0.2) is 0 Å². The molecule has 1 amide bonds. The van der Waals surface area contributed by atoms with E-state index in [0.717, 1.165) is 11.1 Å². The molecule has 1 aromatic carbocycles. The Balaban J connectivity index is 2.23. The number of amides is 1. The second-order valence-corrected chi connectivity index (χ2v) is 4.17. The zero-order chi connectivity index (χ0) is 14.5. The number of nitrogens with zero attached hydrogens (tertiary/aromatic N) is 2. The molecule has 1 aromatic heterocycles. The predicted octanol–water partition coefficient (Wildman–Crippen LogP) is 1.25. The summed E-state index contributed by atoms with van der Waals surface area (Å²) in [6, 6.07) is 5.40. The summed E-state index contributed by atoms with van der Waals surface area (Å²) in [5, 5.41) is 9.89. The minimum Gasteiger partial charge on any atom is -0.408 e. The second-order valence-electron chi connectivity index (χ2n) is 4.17. The summed E-state index contributed by atoms with van der Waals surface area (Å²) in [6.45, 7) is 3.81. The lowest BCUT2D eigenvalue weighted by molar-refractivity contribution is 0.102. The number of rotatable bonds is 2. The fourth-order valence-corrected chi connectivity index (χ4v) is 1.66. The van der Waals surface area contributed by atoms with Crippen LogP contribution in [0.1, 0.15) is 27.4 Å². The number of hydrogen-bond acceptors (Lipinski definition) is 5. The van der Waals surface area contributed by atoms with Gasteiger partial charge in [0.25, 0.3) is 5.91 Å². The van der Waals surface area contributed by atoms with Gasteiger partial charge in [-0.3, -0.25) is 10.1 Å². The van der Waals surface area contributed by atoms with Crippen LogP contribution < -0.4 is 11.1 Å². The van der Waals surface area contributed by atoms with Crippen LogP contribution in [0, 0.1) is 25.7 Å². The number of carbonyl (C=O) groups excluding carboxylic acids is 1. The smallest absolute Gasteiger partial charge is 0.322 e. The molecule has 6 nitrogen and oxygen atoms in total. The first-order valence-corrected chi connectivity index (χ1v) is 6.00. The molecule has 2 aromatic rings. The van der Waals surface area contributed by atoms with Gasteiger partial charge in [-0.15, -0.1) is 5.10 Å². The number of nitrogens with one attached hydrogen (secondary N) is 1. The van der Waals surface area contributed by atoms with E-state index < -0.39 is 0 Å². The first kappa shape index (κ1) is 13.8. The average Bonchev–Trinajstić information content (AvgIpc) is 2.81. The van der Waals surface area contributed by atoms with Gasteiger partial charge in [-0.25, -0.2) is 0 Å². The van der Waals surface area contributed by atoms with Gasteiger partial charge in [0.2, 0.25) is 5.89 Å². The van der Waals surface area contributed by atoms with Gasteiger partial charge >= 0.3 is 6.01 Å². The predicted molar refractivity (Wildman–Crippen MR) is 74.1 cm³/mol. The summed E-state index contributed by atoms with van der Waals surface area (Å²) in [7, 11) is 0. The third-order valence-corrected chi connectivity index (χ3v) is 2.42. The number of anilines is 1. The van der Waals surface area contributed by atoms with Crippen molar-refractivity contribution in [2.45, 2.75) is 13.8 Å². The molecule has 0 fully saturated rings. The van der Waals surface area contributed by atoms with Crippen LogP contribution in [0.3, 0.4) is 0 Å². The Morgan fingerprint density at radius 2 is 2.15 bits per heavy atom. The average molecular weight is 270 g/mol. The molecule has 0 radical (unpaired) electrons. The van der Waals surface area contributed by atoms with Crippen molar-refractivity contribution in [1.82, 2.24) is 10.2 Å². The summed E-state index contributed by atoms with van der Waals surface area (Å²) in [5.74, 6) is 5.72. The molecule has 2 rings (SSSR count). The lowest BCUT2D eigenvalue weighted by atomic mass is 10.1. The molecular weight excluding hydrogens is 256 g/mol. The van der Waals surface area contributed by atoms with E-state index in [4.69, 9.17) is 10.2 Å². The monoisotopic (exact) mass is 270 g/mol. The minimum atomic E-state index is -0.326. The van der Waals surface area contributed by atoms with Crippen LogP contribution in [-0.2, 0) is 0 Å². The van der Waals surface area contributed by atoms with Gasteiger partial charge in [-0.05, 0) is 30.7 Å². The normalized spacial score (nSPS) is 9.75. The minimum absolute atomic E-state index is 0.0728. The summed E-state index contributed by atoms with van der Waals surface area (Å²) in [5.41, 5.74) is 7.48. The van der Waals surface area contributed by atoms with E-state index in [1.54, 1.807) is 19.1 Å². The Bertz CT molecular complexity index is 695. The van der Waals surface area contributed by atoms with Crippen molar-refractivity contribution in [3.8, 4) is 11.8 Å². The van der Waals surface area contributed by atoms with Crippen LogP contribution in [0.2, 0.25) is 0 Å². The SMILES string of the molecule is Cc1cc(C#CCN)cc(C(=O)Nc2nnc(C)o2)c1. The van der Waals surface area contributed by atoms with E-state index in [1.807, 2.05) is 13.0 Å². The van der Waals surface area contributed by atoms with Crippen molar-refractivity contribution < 1.29 is 9.21 Å². The molecule has 0 unspecified atom stereocenters. The van der Waals surface area contributed by atoms with E-state index in [0.29, 0.717) is 11.5 Å². The van der Waals surface area contributed by atoms with Gasteiger partial charge in [0.05, 0.1) is 6.54 Å². The second kappa shape index (κ2) is 5.99. The Morgan fingerprint density at radius 3 is 2.80 bits per heavy atom. The van der Waals surface area contributed by atoms with Crippen LogP contribution in [0.4, 0.5) is 6.01 Å². The molecule has 20 heavy (non-hydrogen) atoms. The lowest BCUT2D eigenvalue weighted by Crippen LogP contribution is -2.12. The zero-order valence-corrected chi connectivity index (χ0v) is 11.2. The number of aryl methyl sites for hydroxylation is 2. The Kier molecular flexibility index (Phi) is 4.13. The maximum atomic E-state index is 12.1. The highest BCUT2D eigenvalue weighted by Gasteiger charge is 2.11. The van der Waals surface area contributed by atoms with E-state index in [1.165, 1.54) is 0 Å². The van der Waals surface area contributed by atoms with Crippen molar-refractivity contribution in [3.05, 3.63) is 40.8 Å². The first-order chi connectivity index (χ1) is 9.58. The van der Waals surface area contributed by atoms with Crippen LogP contribution in [0.5, 0.6) is 0 Å². The highest BCUT2D eigenvalue weighted by Crippen LogP contribution is 2.12. The molecule has 0 saturated heterocycles. The molecule has 3 N–H and O–H groups in total. The van der Waals surface area contributed by atoms with E-state index >= 15 is 0 Å². The van der Waals surface area contributed by atoms with Gasteiger partial charge in [0.1, 0.15) is 0 Å². The van der Waals surface area contributed by atoms with Gasteiger partial charge < -0.3 is 10.2 Å². The number of benzene rings is 1. The summed E-state index contributed by atoms with van der Waals surface area (Å²) >= 11 is 0. The van der Waals surface area contributed by atoms with E-state index in [-0.39, 0.29) is 18.5 Å². The molecule has 0 bridgehead atoms. The van der Waals surface area contributed by atoms with Crippen LogP contribution >= 0.6 is 0 Å². The zero-order valence-electron chi connectivity index (χ0n) is 11.2. The van der Waals surface area contributed by atoms with Gasteiger partial charge in [-0.2, -0.15) is 0 Å². The summed E-state index contributed by atoms with van der Waals surface area (Å²) in [6.07, 6.45) is 0. The third-order valence-electron chi connectivity index (χ3n) is 2.42. The lowest BCUT2D eigenvalue weighted by Gasteiger charge is -2.03. The topological polar surface area (TPSA) is 94.0 Å². The van der Waals surface area contributed by atoms with Crippen LogP contribution in [0.15, 0.2) is 22.6 Å². The largest absolute Gasteiger partial charge is 0.408 e. The summed E-state index contributed by atoms with van der Waals surface area (Å²) in [4.78, 5) is 12.1. The highest BCUT2D eigenvalue weighted by atomic mass is 16.4. The molecule has 0 aliphatic rings. The molecule has 0 aliphatic heterocycles. The number of carbonyl (C=O) groups is 1. The van der Waals surface area contributed by atoms with Gasteiger partial charge in [-0.1, -0.05) is 16.9 Å². The quantitative estimate of drug-likeness (QED) is 0.801. The number of nitrogens with two attached hydrogens (primary N) is 1. The molecule has 1 heterocycles. The van der Waals surface area contributed by atoms with E-state index in [2.05, 4.69) is 27.4 Å². The standard InChI is InChI=1S/C14H14N4O2/c1-9-6-11(4-3-5-15)8-12(7-9)13(19)16-14-18-17-10(2)20-14/h6-8H,5,15H2,1-2H3,(H,16,18,19). The Hall–Kier alpha value is -2.65. The van der Waals surface area contributed by atoms with Crippen LogP contribution in [-0.4, -0.2) is 22.6 Å². The number of aromatic nitrogens is 2. The van der Waals surface area contributed by atoms with E-state index in [9.17, 15) is 4.79 Å². The molecule has 0 atom stereocenters. The van der Waals surface area contributed by atoms with Crippen molar-refractivity contribution in [1.29, 1.82) is 0 Å². The van der Waals surface area contributed by atoms with Gasteiger partial charge in [0, 0.05) is 18.1 Å². The van der Waals surface area contributed by atoms with Crippen molar-refractivity contribution >= 4 is 11.9 Å². The molecule has 102 valence electrons. The molecule has 0 aliphatic carbocycles. The fourth-order valence-electron chi connectivity index (χ4n) is 1.66.